The highest BCUT2D eigenvalue weighted by atomic mass is 35.5. The van der Waals surface area contributed by atoms with Gasteiger partial charge in [-0.25, -0.2) is 5.43 Å². The number of carbonyl (C=O) groups excluding carboxylic acids is 1. The van der Waals surface area contributed by atoms with Gasteiger partial charge in [0, 0.05) is 5.56 Å². The highest BCUT2D eigenvalue weighted by Crippen LogP contribution is 2.19. The van der Waals surface area contributed by atoms with Crippen molar-refractivity contribution in [2.45, 2.75) is 20.5 Å². The van der Waals surface area contributed by atoms with Gasteiger partial charge in [0.25, 0.3) is 5.91 Å². The van der Waals surface area contributed by atoms with Crippen LogP contribution in [-0.2, 0) is 6.61 Å². The molecule has 0 radical (unpaired) electrons. The largest absolute Gasteiger partial charge is 0.488 e. The molecule has 0 bridgehead atoms. The Balaban J connectivity index is 1.65. The number of nitrogens with one attached hydrogen (secondary N) is 1. The lowest BCUT2D eigenvalue weighted by molar-refractivity contribution is 0.0955. The van der Waals surface area contributed by atoms with Gasteiger partial charge in [0.05, 0.1) is 16.8 Å². The van der Waals surface area contributed by atoms with Crippen molar-refractivity contribution in [3.63, 3.8) is 0 Å². The molecule has 0 heterocycles. The summed E-state index contributed by atoms with van der Waals surface area (Å²) in [7, 11) is 0. The van der Waals surface area contributed by atoms with Crippen molar-refractivity contribution >= 4 is 23.7 Å². The lowest BCUT2D eigenvalue weighted by Gasteiger charge is -2.09. The lowest BCUT2D eigenvalue weighted by Crippen LogP contribution is -2.18. The predicted molar refractivity (Wildman–Crippen MR) is 113 cm³/mol. The SMILES string of the molecule is Cc1ccc(COc2ccccc2/C=N\NC(=O)c2ccc(C)cc2Cl)cc1. The van der Waals surface area contributed by atoms with Crippen LogP contribution < -0.4 is 10.2 Å². The Bertz CT molecular complexity index is 998. The van der Waals surface area contributed by atoms with Crippen LogP contribution in [0.15, 0.2) is 71.8 Å². The molecule has 0 aliphatic heterocycles. The zero-order chi connectivity index (χ0) is 19.9. The van der Waals surface area contributed by atoms with E-state index in [0.29, 0.717) is 22.9 Å². The first kappa shape index (κ1) is 19.6. The molecule has 0 saturated heterocycles. The van der Waals surface area contributed by atoms with Crippen molar-refractivity contribution in [2.24, 2.45) is 5.10 Å². The maximum Gasteiger partial charge on any atom is 0.272 e. The number of carbonyl (C=O) groups is 1. The molecule has 5 heteroatoms. The number of nitrogens with zero attached hydrogens (tertiary/aromatic N) is 1. The minimum Gasteiger partial charge on any atom is -0.488 e. The summed E-state index contributed by atoms with van der Waals surface area (Å²) in [4.78, 5) is 12.2. The molecule has 1 N–H and O–H groups in total. The summed E-state index contributed by atoms with van der Waals surface area (Å²) in [5, 5.41) is 4.44. The van der Waals surface area contributed by atoms with E-state index in [1.165, 1.54) is 5.56 Å². The van der Waals surface area contributed by atoms with Gasteiger partial charge >= 0.3 is 0 Å². The number of amides is 1. The summed E-state index contributed by atoms with van der Waals surface area (Å²) >= 11 is 6.12. The van der Waals surface area contributed by atoms with E-state index in [2.05, 4.69) is 29.6 Å². The second-order valence-electron chi connectivity index (χ2n) is 6.49. The highest BCUT2D eigenvalue weighted by molar-refractivity contribution is 6.33. The minimum absolute atomic E-state index is 0.362. The number of para-hydroxylation sites is 1. The van der Waals surface area contributed by atoms with Crippen molar-refractivity contribution in [3.05, 3.63) is 99.6 Å². The van der Waals surface area contributed by atoms with Crippen LogP contribution in [0.4, 0.5) is 0 Å². The van der Waals surface area contributed by atoms with E-state index in [1.807, 2.05) is 49.4 Å². The molecule has 0 atom stereocenters. The van der Waals surface area contributed by atoms with Crippen LogP contribution in [0.5, 0.6) is 5.75 Å². The molecular formula is C23H21ClN2O2. The molecule has 0 aromatic heterocycles. The van der Waals surface area contributed by atoms with Gasteiger partial charge in [-0.1, -0.05) is 59.6 Å². The van der Waals surface area contributed by atoms with E-state index in [4.69, 9.17) is 16.3 Å². The average molecular weight is 393 g/mol. The van der Waals surface area contributed by atoms with Gasteiger partial charge < -0.3 is 4.74 Å². The van der Waals surface area contributed by atoms with Crippen molar-refractivity contribution in [2.75, 3.05) is 0 Å². The first-order valence-electron chi connectivity index (χ1n) is 8.90. The summed E-state index contributed by atoms with van der Waals surface area (Å²) in [6.45, 7) is 4.42. The molecule has 1 amide bonds. The van der Waals surface area contributed by atoms with E-state index in [0.717, 1.165) is 16.7 Å². The Labute approximate surface area is 169 Å². The Kier molecular flexibility index (Phi) is 6.45. The Morgan fingerprint density at radius 1 is 1.04 bits per heavy atom. The summed E-state index contributed by atoms with van der Waals surface area (Å²) < 4.78 is 5.91. The Hall–Kier alpha value is -3.11. The summed E-state index contributed by atoms with van der Waals surface area (Å²) in [5.41, 5.74) is 6.94. The number of hydrogen-bond acceptors (Lipinski definition) is 3. The third kappa shape index (κ3) is 5.21. The quantitative estimate of drug-likeness (QED) is 0.457. The van der Waals surface area contributed by atoms with Crippen LogP contribution in [0.3, 0.4) is 0 Å². The highest BCUT2D eigenvalue weighted by Gasteiger charge is 2.09. The zero-order valence-electron chi connectivity index (χ0n) is 15.8. The Morgan fingerprint density at radius 2 is 1.75 bits per heavy atom. The fraction of sp³-hybridized carbons (Fsp3) is 0.130. The standard InChI is InChI=1S/C23H21ClN2O2/c1-16-7-10-18(11-8-16)15-28-22-6-4-3-5-19(22)14-25-26-23(27)20-12-9-17(2)13-21(20)24/h3-14H,15H2,1-2H3,(H,26,27)/b25-14-. The van der Waals surface area contributed by atoms with Crippen LogP contribution in [0.1, 0.15) is 32.6 Å². The van der Waals surface area contributed by atoms with Crippen LogP contribution in [0.25, 0.3) is 0 Å². The molecular weight excluding hydrogens is 372 g/mol. The summed E-state index contributed by atoms with van der Waals surface area (Å²) in [6, 6.07) is 21.0. The molecule has 0 aliphatic rings. The molecule has 0 unspecified atom stereocenters. The minimum atomic E-state index is -0.362. The molecule has 3 aromatic carbocycles. The molecule has 0 saturated carbocycles. The molecule has 0 spiro atoms. The first-order chi connectivity index (χ1) is 13.5. The molecule has 28 heavy (non-hydrogen) atoms. The van der Waals surface area contributed by atoms with Gasteiger partial charge in [0.15, 0.2) is 0 Å². The van der Waals surface area contributed by atoms with E-state index in [9.17, 15) is 4.79 Å². The second-order valence-corrected chi connectivity index (χ2v) is 6.90. The van der Waals surface area contributed by atoms with Crippen molar-refractivity contribution in [3.8, 4) is 5.75 Å². The van der Waals surface area contributed by atoms with Crippen molar-refractivity contribution in [1.29, 1.82) is 0 Å². The molecule has 3 rings (SSSR count). The maximum atomic E-state index is 12.2. The normalized spacial score (nSPS) is 10.8. The maximum absolute atomic E-state index is 12.2. The van der Waals surface area contributed by atoms with Crippen molar-refractivity contribution < 1.29 is 9.53 Å². The summed E-state index contributed by atoms with van der Waals surface area (Å²) in [6.07, 6.45) is 1.56. The smallest absolute Gasteiger partial charge is 0.272 e. The predicted octanol–water partition coefficient (Wildman–Crippen LogP) is 5.30. The van der Waals surface area contributed by atoms with Crippen LogP contribution >= 0.6 is 11.6 Å². The second kappa shape index (κ2) is 9.20. The van der Waals surface area contributed by atoms with E-state index in [-0.39, 0.29) is 5.91 Å². The fourth-order valence-electron chi connectivity index (χ4n) is 2.59. The van der Waals surface area contributed by atoms with Gasteiger partial charge in [-0.3, -0.25) is 4.79 Å². The molecule has 4 nitrogen and oxygen atoms in total. The van der Waals surface area contributed by atoms with E-state index < -0.39 is 0 Å². The van der Waals surface area contributed by atoms with E-state index >= 15 is 0 Å². The molecule has 0 fully saturated rings. The monoisotopic (exact) mass is 392 g/mol. The number of ether oxygens (including phenoxy) is 1. The summed E-state index contributed by atoms with van der Waals surface area (Å²) in [5.74, 6) is 0.328. The molecule has 3 aromatic rings. The van der Waals surface area contributed by atoms with Crippen LogP contribution in [0.2, 0.25) is 5.02 Å². The van der Waals surface area contributed by atoms with Gasteiger partial charge in [-0.05, 0) is 49.2 Å². The number of halogens is 1. The topological polar surface area (TPSA) is 50.7 Å². The fourth-order valence-corrected chi connectivity index (χ4v) is 2.91. The number of aryl methyl sites for hydroxylation is 2. The molecule has 0 aliphatic carbocycles. The van der Waals surface area contributed by atoms with Gasteiger partial charge in [-0.2, -0.15) is 5.10 Å². The van der Waals surface area contributed by atoms with Crippen LogP contribution in [0, 0.1) is 13.8 Å². The third-order valence-electron chi connectivity index (χ3n) is 4.17. The van der Waals surface area contributed by atoms with Crippen LogP contribution in [-0.4, -0.2) is 12.1 Å². The number of hydrogen-bond donors (Lipinski definition) is 1. The number of hydrazone groups is 1. The molecule has 142 valence electrons. The number of benzene rings is 3. The van der Waals surface area contributed by atoms with Gasteiger partial charge in [0.1, 0.15) is 12.4 Å². The zero-order valence-corrected chi connectivity index (χ0v) is 16.5. The van der Waals surface area contributed by atoms with Gasteiger partial charge in [-0.15, -0.1) is 0 Å². The Morgan fingerprint density at radius 3 is 2.50 bits per heavy atom. The number of rotatable bonds is 6. The average Bonchev–Trinajstić information content (AvgIpc) is 2.68. The first-order valence-corrected chi connectivity index (χ1v) is 9.27. The lowest BCUT2D eigenvalue weighted by atomic mass is 10.1. The third-order valence-corrected chi connectivity index (χ3v) is 4.49. The van der Waals surface area contributed by atoms with E-state index in [1.54, 1.807) is 18.3 Å². The van der Waals surface area contributed by atoms with Crippen molar-refractivity contribution in [1.82, 2.24) is 5.43 Å². The van der Waals surface area contributed by atoms with Gasteiger partial charge in [0.2, 0.25) is 0 Å².